The van der Waals surface area contributed by atoms with Gasteiger partial charge in [0.15, 0.2) is 0 Å². The van der Waals surface area contributed by atoms with Crippen LogP contribution in [-0.2, 0) is 6.42 Å². The van der Waals surface area contributed by atoms with Crippen LogP contribution in [0.15, 0.2) is 60.7 Å². The maximum absolute atomic E-state index is 3.50. The highest BCUT2D eigenvalue weighted by Crippen LogP contribution is 2.20. The predicted octanol–water partition coefficient (Wildman–Crippen LogP) is 9.09. The van der Waals surface area contributed by atoms with Crippen molar-refractivity contribution in [3.8, 4) is 23.7 Å². The Morgan fingerprint density at radius 3 is 1.57 bits per heavy atom. The third-order valence-electron chi connectivity index (χ3n) is 6.50. The van der Waals surface area contributed by atoms with Crippen LogP contribution in [0.4, 0.5) is 0 Å². The lowest BCUT2D eigenvalue weighted by Gasteiger charge is -2.10. The molecular formula is C35H40. The average molecular weight is 461 g/mol. The van der Waals surface area contributed by atoms with Crippen molar-refractivity contribution in [2.45, 2.75) is 85.5 Å². The van der Waals surface area contributed by atoms with Crippen LogP contribution >= 0.6 is 0 Å². The van der Waals surface area contributed by atoms with Crippen molar-refractivity contribution in [1.82, 2.24) is 0 Å². The summed E-state index contributed by atoms with van der Waals surface area (Å²) in [5.74, 6) is 13.6. The fourth-order valence-electron chi connectivity index (χ4n) is 4.31. The predicted molar refractivity (Wildman–Crippen MR) is 152 cm³/mol. The lowest BCUT2D eigenvalue weighted by molar-refractivity contribution is 0.575. The number of aryl methyl sites for hydroxylation is 4. The van der Waals surface area contributed by atoms with Gasteiger partial charge in [-0.25, -0.2) is 0 Å². The smallest absolute Gasteiger partial charge is 0.0311 e. The van der Waals surface area contributed by atoms with Gasteiger partial charge in [0.1, 0.15) is 0 Å². The molecule has 3 aromatic rings. The van der Waals surface area contributed by atoms with E-state index in [2.05, 4.69) is 112 Å². The Labute approximate surface area is 214 Å². The summed E-state index contributed by atoms with van der Waals surface area (Å²) in [6, 6.07) is 21.4. The molecule has 3 rings (SSSR count). The van der Waals surface area contributed by atoms with Gasteiger partial charge in [0.05, 0.1) is 0 Å². The van der Waals surface area contributed by atoms with E-state index in [4.69, 9.17) is 0 Å². The molecule has 0 aliphatic rings. The Kier molecular flexibility index (Phi) is 10.7. The molecule has 35 heavy (non-hydrogen) atoms. The molecular weight excluding hydrogens is 420 g/mol. The Hall–Kier alpha value is -3.22. The molecule has 0 saturated heterocycles. The second-order valence-electron chi connectivity index (χ2n) is 9.78. The van der Waals surface area contributed by atoms with Crippen molar-refractivity contribution in [1.29, 1.82) is 0 Å². The van der Waals surface area contributed by atoms with Gasteiger partial charge in [-0.3, -0.25) is 0 Å². The van der Waals surface area contributed by atoms with E-state index in [0.29, 0.717) is 0 Å². The second-order valence-corrected chi connectivity index (χ2v) is 9.78. The molecule has 0 heterocycles. The highest BCUT2D eigenvalue weighted by atomic mass is 14.1. The van der Waals surface area contributed by atoms with Gasteiger partial charge in [0.2, 0.25) is 0 Å². The number of hydrogen-bond acceptors (Lipinski definition) is 0. The topological polar surface area (TPSA) is 0 Å². The van der Waals surface area contributed by atoms with Crippen molar-refractivity contribution in [3.05, 3.63) is 105 Å². The first-order valence-electron chi connectivity index (χ1n) is 13.4. The summed E-state index contributed by atoms with van der Waals surface area (Å²) in [7, 11) is 0. The summed E-state index contributed by atoms with van der Waals surface area (Å²) in [6.07, 6.45) is 11.7. The summed E-state index contributed by atoms with van der Waals surface area (Å²) < 4.78 is 0. The van der Waals surface area contributed by atoms with Crippen molar-refractivity contribution < 1.29 is 0 Å². The minimum atomic E-state index is 1.06. The molecule has 0 unspecified atom stereocenters. The fourth-order valence-corrected chi connectivity index (χ4v) is 4.31. The molecule has 0 radical (unpaired) electrons. The van der Waals surface area contributed by atoms with Crippen LogP contribution in [0.1, 0.15) is 103 Å². The standard InChI is InChI=1S/C35H40/c1-5-6-7-8-9-10-11-12-13-34-27-33(23-22-31-18-14-28(2)15-19-31)26-30(4)35(34)25-24-32-20-16-29(3)17-21-32/h14-21,26-27H,5-13H2,1-4H3. The number of benzene rings is 3. The molecule has 0 aliphatic carbocycles. The molecule has 180 valence electrons. The Balaban J connectivity index is 1.77. The monoisotopic (exact) mass is 460 g/mol. The third-order valence-corrected chi connectivity index (χ3v) is 6.50. The lowest BCUT2D eigenvalue weighted by Crippen LogP contribution is -1.97. The zero-order valence-electron chi connectivity index (χ0n) is 22.1. The molecule has 0 heteroatoms. The Morgan fingerprint density at radius 2 is 1.00 bits per heavy atom. The van der Waals surface area contributed by atoms with Crippen LogP contribution in [-0.4, -0.2) is 0 Å². The summed E-state index contributed by atoms with van der Waals surface area (Å²) in [6.45, 7) is 8.67. The summed E-state index contributed by atoms with van der Waals surface area (Å²) in [5, 5.41) is 0. The average Bonchev–Trinajstić information content (AvgIpc) is 2.86. The highest BCUT2D eigenvalue weighted by Gasteiger charge is 2.07. The molecule has 0 bridgehead atoms. The molecule has 0 amide bonds. The van der Waals surface area contributed by atoms with Gasteiger partial charge in [-0.1, -0.05) is 111 Å². The SMILES string of the molecule is CCCCCCCCCCc1cc(C#Cc2ccc(C)cc2)cc(C)c1C#Cc1ccc(C)cc1. The van der Waals surface area contributed by atoms with Gasteiger partial charge in [-0.15, -0.1) is 0 Å². The van der Waals surface area contributed by atoms with Crippen molar-refractivity contribution in [3.63, 3.8) is 0 Å². The van der Waals surface area contributed by atoms with Gasteiger partial charge in [0, 0.05) is 22.3 Å². The van der Waals surface area contributed by atoms with Crippen LogP contribution in [0.2, 0.25) is 0 Å². The number of rotatable bonds is 9. The molecule has 0 aliphatic heterocycles. The zero-order valence-corrected chi connectivity index (χ0v) is 22.1. The van der Waals surface area contributed by atoms with Gasteiger partial charge >= 0.3 is 0 Å². The van der Waals surface area contributed by atoms with Crippen LogP contribution in [0.5, 0.6) is 0 Å². The normalized spacial score (nSPS) is 10.3. The minimum absolute atomic E-state index is 1.06. The Morgan fingerprint density at radius 1 is 0.514 bits per heavy atom. The maximum Gasteiger partial charge on any atom is 0.0311 e. The fraction of sp³-hybridized carbons (Fsp3) is 0.371. The van der Waals surface area contributed by atoms with E-state index in [9.17, 15) is 0 Å². The zero-order chi connectivity index (χ0) is 24.9. The van der Waals surface area contributed by atoms with E-state index in [1.807, 2.05) is 0 Å². The van der Waals surface area contributed by atoms with Crippen LogP contribution in [0.25, 0.3) is 0 Å². The van der Waals surface area contributed by atoms with E-state index >= 15 is 0 Å². The molecule has 0 N–H and O–H groups in total. The first-order chi connectivity index (χ1) is 17.0. The minimum Gasteiger partial charge on any atom is -0.0654 e. The van der Waals surface area contributed by atoms with Gasteiger partial charge < -0.3 is 0 Å². The van der Waals surface area contributed by atoms with E-state index in [1.165, 1.54) is 79.2 Å². The van der Waals surface area contributed by atoms with Crippen LogP contribution in [0.3, 0.4) is 0 Å². The quantitative estimate of drug-likeness (QED) is 0.221. The van der Waals surface area contributed by atoms with Gasteiger partial charge in [-0.2, -0.15) is 0 Å². The molecule has 0 spiro atoms. The third kappa shape index (κ3) is 9.15. The molecule has 0 aromatic heterocycles. The molecule has 0 atom stereocenters. The van der Waals surface area contributed by atoms with E-state index in [1.54, 1.807) is 0 Å². The summed E-state index contributed by atoms with van der Waals surface area (Å²) in [5.41, 5.74) is 9.46. The molecule has 3 aromatic carbocycles. The number of unbranched alkanes of at least 4 members (excludes halogenated alkanes) is 7. The maximum atomic E-state index is 3.50. The first kappa shape index (κ1) is 26.4. The van der Waals surface area contributed by atoms with Crippen molar-refractivity contribution in [2.75, 3.05) is 0 Å². The number of hydrogen-bond donors (Lipinski definition) is 0. The highest BCUT2D eigenvalue weighted by molar-refractivity contribution is 5.55. The first-order valence-corrected chi connectivity index (χ1v) is 13.4. The van der Waals surface area contributed by atoms with Crippen LogP contribution in [0, 0.1) is 44.5 Å². The van der Waals surface area contributed by atoms with Gasteiger partial charge in [0.25, 0.3) is 0 Å². The molecule has 0 saturated carbocycles. The summed E-state index contributed by atoms with van der Waals surface area (Å²) >= 11 is 0. The molecule has 0 nitrogen and oxygen atoms in total. The van der Waals surface area contributed by atoms with E-state index < -0.39 is 0 Å². The van der Waals surface area contributed by atoms with Gasteiger partial charge in [-0.05, 0) is 81.1 Å². The van der Waals surface area contributed by atoms with Crippen molar-refractivity contribution in [2.24, 2.45) is 0 Å². The molecule has 0 fully saturated rings. The van der Waals surface area contributed by atoms with E-state index in [0.717, 1.165) is 23.1 Å². The lowest BCUT2D eigenvalue weighted by atomic mass is 9.94. The van der Waals surface area contributed by atoms with Crippen LogP contribution < -0.4 is 0 Å². The summed E-state index contributed by atoms with van der Waals surface area (Å²) in [4.78, 5) is 0. The largest absolute Gasteiger partial charge is 0.0654 e. The van der Waals surface area contributed by atoms with Crippen molar-refractivity contribution >= 4 is 0 Å². The second kappa shape index (κ2) is 14.2. The van der Waals surface area contributed by atoms with E-state index in [-0.39, 0.29) is 0 Å². The Bertz CT molecular complexity index is 1190.